The Morgan fingerprint density at radius 1 is 0.964 bits per heavy atom. The van der Waals surface area contributed by atoms with Crippen LogP contribution in [0.2, 0.25) is 10.0 Å². The van der Waals surface area contributed by atoms with E-state index in [0.29, 0.717) is 16.7 Å². The molecule has 1 aliphatic carbocycles. The molecule has 4 heteroatoms. The van der Waals surface area contributed by atoms with E-state index in [0.717, 1.165) is 44.9 Å². The number of rotatable bonds is 4. The monoisotopic (exact) mass is 424 g/mol. The number of hydrogen-bond donors (Lipinski definition) is 1. The summed E-state index contributed by atoms with van der Waals surface area (Å²) < 4.78 is 5.97. The standard InChI is InChI=1S/C24H18Cl2OS/c1-15-18(8-17-9-20(25)13-21(26)10-17)11-19-12-22(4-7-24(15)19)27-14-16-2-5-23(28)6-3-16/h2-10,12-13,28H,1,11,14H2/b18-8+. The van der Waals surface area contributed by atoms with Crippen molar-refractivity contribution in [3.8, 4) is 5.75 Å². The fourth-order valence-corrected chi connectivity index (χ4v) is 4.03. The van der Waals surface area contributed by atoms with Crippen LogP contribution in [0.5, 0.6) is 5.75 Å². The molecule has 0 radical (unpaired) electrons. The molecule has 1 aliphatic rings. The maximum atomic E-state index is 6.12. The average Bonchev–Trinajstić information content (AvgIpc) is 2.95. The summed E-state index contributed by atoms with van der Waals surface area (Å²) in [7, 11) is 0. The predicted octanol–water partition coefficient (Wildman–Crippen LogP) is 7.51. The number of allylic oxidation sites excluding steroid dienone is 2. The summed E-state index contributed by atoms with van der Waals surface area (Å²) in [4.78, 5) is 0.945. The molecule has 0 aromatic heterocycles. The minimum absolute atomic E-state index is 0.525. The van der Waals surface area contributed by atoms with Gasteiger partial charge in [-0.1, -0.05) is 54.1 Å². The van der Waals surface area contributed by atoms with E-state index in [1.165, 1.54) is 5.56 Å². The van der Waals surface area contributed by atoms with Crippen molar-refractivity contribution in [1.29, 1.82) is 0 Å². The Morgan fingerprint density at radius 2 is 1.68 bits per heavy atom. The second kappa shape index (κ2) is 8.08. The van der Waals surface area contributed by atoms with Crippen molar-refractivity contribution in [3.05, 3.63) is 105 Å². The summed E-state index contributed by atoms with van der Waals surface area (Å²) >= 11 is 16.5. The number of fused-ring (bicyclic) bond motifs is 1. The van der Waals surface area contributed by atoms with Crippen LogP contribution >= 0.6 is 35.8 Å². The lowest BCUT2D eigenvalue weighted by Gasteiger charge is -2.08. The first-order valence-electron chi connectivity index (χ1n) is 8.88. The van der Waals surface area contributed by atoms with Crippen molar-refractivity contribution in [3.63, 3.8) is 0 Å². The smallest absolute Gasteiger partial charge is 0.120 e. The molecule has 0 aliphatic heterocycles. The van der Waals surface area contributed by atoms with Crippen molar-refractivity contribution >= 4 is 47.5 Å². The topological polar surface area (TPSA) is 9.23 Å². The summed E-state index contributed by atoms with van der Waals surface area (Å²) in [5.74, 6) is 0.855. The number of benzene rings is 3. The largest absolute Gasteiger partial charge is 0.489 e. The van der Waals surface area contributed by atoms with Gasteiger partial charge in [0.25, 0.3) is 0 Å². The van der Waals surface area contributed by atoms with Gasteiger partial charge in [-0.15, -0.1) is 12.6 Å². The zero-order valence-corrected chi connectivity index (χ0v) is 17.5. The molecular weight excluding hydrogens is 407 g/mol. The Bertz CT molecular complexity index is 1060. The van der Waals surface area contributed by atoms with E-state index >= 15 is 0 Å². The normalized spacial score (nSPS) is 14.4. The molecule has 0 fully saturated rings. The number of hydrogen-bond acceptors (Lipinski definition) is 2. The first-order valence-corrected chi connectivity index (χ1v) is 10.1. The van der Waals surface area contributed by atoms with Gasteiger partial charge in [0.2, 0.25) is 0 Å². The molecular formula is C24H18Cl2OS. The lowest BCUT2D eigenvalue weighted by atomic mass is 10.0. The van der Waals surface area contributed by atoms with Crippen LogP contribution < -0.4 is 4.74 Å². The lowest BCUT2D eigenvalue weighted by molar-refractivity contribution is 0.306. The van der Waals surface area contributed by atoms with Crippen LogP contribution in [0.3, 0.4) is 0 Å². The van der Waals surface area contributed by atoms with Crippen LogP contribution in [0.25, 0.3) is 11.6 Å². The van der Waals surface area contributed by atoms with E-state index in [-0.39, 0.29) is 0 Å². The van der Waals surface area contributed by atoms with Gasteiger partial charge in [0, 0.05) is 14.9 Å². The van der Waals surface area contributed by atoms with Crippen molar-refractivity contribution in [2.24, 2.45) is 0 Å². The van der Waals surface area contributed by atoms with Crippen LogP contribution in [0.1, 0.15) is 22.3 Å². The Morgan fingerprint density at radius 3 is 2.39 bits per heavy atom. The SMILES string of the molecule is C=C1/C(=C/c2cc(Cl)cc(Cl)c2)Cc2cc(OCc3ccc(S)cc3)ccc21. The van der Waals surface area contributed by atoms with Crippen LogP contribution in [-0.2, 0) is 13.0 Å². The lowest BCUT2D eigenvalue weighted by Crippen LogP contribution is -1.96. The molecule has 0 saturated heterocycles. The Hall–Kier alpha value is -2.13. The molecule has 3 aromatic rings. The van der Waals surface area contributed by atoms with Crippen LogP contribution in [0.15, 0.2) is 77.7 Å². The van der Waals surface area contributed by atoms with Gasteiger partial charge < -0.3 is 4.74 Å². The summed E-state index contributed by atoms with van der Waals surface area (Å²) in [5.41, 5.74) is 6.65. The van der Waals surface area contributed by atoms with E-state index in [1.54, 1.807) is 6.07 Å². The van der Waals surface area contributed by atoms with Gasteiger partial charge in [-0.25, -0.2) is 0 Å². The highest BCUT2D eigenvalue weighted by atomic mass is 35.5. The zero-order valence-electron chi connectivity index (χ0n) is 15.1. The molecule has 0 amide bonds. The van der Waals surface area contributed by atoms with Crippen molar-refractivity contribution in [2.45, 2.75) is 17.9 Å². The van der Waals surface area contributed by atoms with E-state index in [1.807, 2.05) is 42.5 Å². The van der Waals surface area contributed by atoms with Crippen LogP contribution in [-0.4, -0.2) is 0 Å². The highest BCUT2D eigenvalue weighted by Gasteiger charge is 2.20. The number of ether oxygens (including phenoxy) is 1. The van der Waals surface area contributed by atoms with Gasteiger partial charge in [0.15, 0.2) is 0 Å². The second-order valence-electron chi connectivity index (χ2n) is 6.80. The minimum atomic E-state index is 0.525. The predicted molar refractivity (Wildman–Crippen MR) is 122 cm³/mol. The molecule has 140 valence electrons. The Balaban J connectivity index is 1.52. The molecule has 3 aromatic carbocycles. The van der Waals surface area contributed by atoms with E-state index < -0.39 is 0 Å². The van der Waals surface area contributed by atoms with E-state index in [9.17, 15) is 0 Å². The molecule has 4 rings (SSSR count). The first kappa shape index (κ1) is 19.2. The summed E-state index contributed by atoms with van der Waals surface area (Å²) in [6.07, 6.45) is 2.91. The summed E-state index contributed by atoms with van der Waals surface area (Å²) in [6, 6.07) is 19.7. The van der Waals surface area contributed by atoms with Gasteiger partial charge in [-0.3, -0.25) is 0 Å². The van der Waals surface area contributed by atoms with E-state index in [4.69, 9.17) is 27.9 Å². The van der Waals surface area contributed by atoms with Gasteiger partial charge in [-0.05, 0) is 82.3 Å². The fourth-order valence-electron chi connectivity index (χ4n) is 3.34. The minimum Gasteiger partial charge on any atom is -0.489 e. The quantitative estimate of drug-likeness (QED) is 0.426. The van der Waals surface area contributed by atoms with Crippen LogP contribution in [0, 0.1) is 0 Å². The first-order chi connectivity index (χ1) is 13.5. The summed E-state index contributed by atoms with van der Waals surface area (Å²) in [5, 5.41) is 1.25. The number of halogens is 2. The Kier molecular flexibility index (Phi) is 5.54. The molecule has 0 atom stereocenters. The molecule has 0 heterocycles. The molecule has 1 nitrogen and oxygen atoms in total. The molecule has 0 saturated carbocycles. The summed E-state index contributed by atoms with van der Waals surface area (Å²) in [6.45, 7) is 4.79. The van der Waals surface area contributed by atoms with Crippen molar-refractivity contribution in [2.75, 3.05) is 0 Å². The van der Waals surface area contributed by atoms with Gasteiger partial charge in [-0.2, -0.15) is 0 Å². The van der Waals surface area contributed by atoms with Crippen molar-refractivity contribution < 1.29 is 4.74 Å². The van der Waals surface area contributed by atoms with Crippen molar-refractivity contribution in [1.82, 2.24) is 0 Å². The van der Waals surface area contributed by atoms with Crippen LogP contribution in [0.4, 0.5) is 0 Å². The molecule has 0 bridgehead atoms. The van der Waals surface area contributed by atoms with Gasteiger partial charge in [0.1, 0.15) is 12.4 Å². The Labute approximate surface area is 180 Å². The zero-order chi connectivity index (χ0) is 19.7. The molecule has 0 unspecified atom stereocenters. The average molecular weight is 425 g/mol. The molecule has 28 heavy (non-hydrogen) atoms. The molecule has 0 spiro atoms. The number of thiol groups is 1. The maximum Gasteiger partial charge on any atom is 0.120 e. The van der Waals surface area contributed by atoms with Gasteiger partial charge in [0.05, 0.1) is 0 Å². The third kappa shape index (κ3) is 4.30. The second-order valence-corrected chi connectivity index (χ2v) is 8.19. The third-order valence-corrected chi connectivity index (χ3v) is 5.47. The molecule has 0 N–H and O–H groups in total. The van der Waals surface area contributed by atoms with Gasteiger partial charge >= 0.3 is 0 Å². The third-order valence-electron chi connectivity index (χ3n) is 4.74. The highest BCUT2D eigenvalue weighted by Crippen LogP contribution is 2.38. The maximum absolute atomic E-state index is 6.12. The highest BCUT2D eigenvalue weighted by molar-refractivity contribution is 7.80. The van der Waals surface area contributed by atoms with E-state index in [2.05, 4.69) is 37.4 Å². The fraction of sp³-hybridized carbons (Fsp3) is 0.0833.